The molecule has 0 unspecified atom stereocenters. The van der Waals surface area contributed by atoms with Gasteiger partial charge in [-0.1, -0.05) is 40.0 Å². The van der Waals surface area contributed by atoms with Gasteiger partial charge in [-0.05, 0) is 24.7 Å². The molecule has 0 saturated heterocycles. The van der Waals surface area contributed by atoms with Gasteiger partial charge in [-0.15, -0.1) is 0 Å². The van der Waals surface area contributed by atoms with Crippen LogP contribution in [0, 0.1) is 11.3 Å². The van der Waals surface area contributed by atoms with Crippen molar-refractivity contribution >= 4 is 5.97 Å². The molecule has 0 bridgehead atoms. The number of ether oxygens (including phenoxy) is 1. The number of rotatable bonds is 3. The molecule has 0 spiro atoms. The molecular weight excluding hydrogens is 188 g/mol. The van der Waals surface area contributed by atoms with Gasteiger partial charge in [-0.3, -0.25) is 4.79 Å². The van der Waals surface area contributed by atoms with E-state index in [1.807, 2.05) is 0 Å². The summed E-state index contributed by atoms with van der Waals surface area (Å²) in [5.74, 6) is 0.234. The molecule has 2 nitrogen and oxygen atoms in total. The molecule has 0 aromatic carbocycles. The average molecular weight is 212 g/mol. The average Bonchev–Trinajstić information content (AvgIpc) is 2.17. The standard InChI is InChI=1S/C13H24O2/c1-13(2,3)9-10-15-12(14)11-7-5-4-6-8-11/h11H,4-10H2,1-3H3. The van der Waals surface area contributed by atoms with E-state index in [0.717, 1.165) is 19.3 Å². The number of hydrogen-bond acceptors (Lipinski definition) is 2. The molecule has 1 aliphatic carbocycles. The van der Waals surface area contributed by atoms with Gasteiger partial charge in [-0.2, -0.15) is 0 Å². The highest BCUT2D eigenvalue weighted by atomic mass is 16.5. The number of esters is 1. The quantitative estimate of drug-likeness (QED) is 0.669. The maximum absolute atomic E-state index is 11.7. The zero-order valence-corrected chi connectivity index (χ0v) is 10.3. The SMILES string of the molecule is CC(C)(C)CCOC(=O)C1CCCCC1. The molecule has 0 aromatic heterocycles. The highest BCUT2D eigenvalue weighted by molar-refractivity contribution is 5.72. The molecule has 2 heteroatoms. The minimum Gasteiger partial charge on any atom is -0.465 e. The monoisotopic (exact) mass is 212 g/mol. The molecule has 88 valence electrons. The van der Waals surface area contributed by atoms with Crippen LogP contribution in [0.25, 0.3) is 0 Å². The van der Waals surface area contributed by atoms with E-state index < -0.39 is 0 Å². The van der Waals surface area contributed by atoms with Crippen molar-refractivity contribution in [3.63, 3.8) is 0 Å². The lowest BCUT2D eigenvalue weighted by atomic mass is 9.89. The summed E-state index contributed by atoms with van der Waals surface area (Å²) in [6, 6.07) is 0. The molecular formula is C13H24O2. The third-order valence-electron chi connectivity index (χ3n) is 3.03. The second-order valence-electron chi connectivity index (χ2n) is 5.81. The Labute approximate surface area is 93.4 Å². The fraction of sp³-hybridized carbons (Fsp3) is 0.923. The number of carbonyl (C=O) groups is 1. The maximum Gasteiger partial charge on any atom is 0.308 e. The van der Waals surface area contributed by atoms with Crippen LogP contribution in [0.5, 0.6) is 0 Å². The summed E-state index contributed by atoms with van der Waals surface area (Å²) in [5, 5.41) is 0. The molecule has 0 aliphatic heterocycles. The van der Waals surface area contributed by atoms with Crippen LogP contribution in [0.3, 0.4) is 0 Å². The van der Waals surface area contributed by atoms with Crippen LogP contribution < -0.4 is 0 Å². The smallest absolute Gasteiger partial charge is 0.308 e. The van der Waals surface area contributed by atoms with Gasteiger partial charge in [0.25, 0.3) is 0 Å². The van der Waals surface area contributed by atoms with E-state index in [1.54, 1.807) is 0 Å². The lowest BCUT2D eigenvalue weighted by Gasteiger charge is -2.22. The zero-order chi connectivity index (χ0) is 11.3. The first kappa shape index (κ1) is 12.5. The van der Waals surface area contributed by atoms with Crippen LogP contribution in [-0.4, -0.2) is 12.6 Å². The van der Waals surface area contributed by atoms with Gasteiger partial charge in [0.1, 0.15) is 0 Å². The molecule has 0 N–H and O–H groups in total. The van der Waals surface area contributed by atoms with Crippen LogP contribution in [-0.2, 0) is 9.53 Å². The molecule has 0 amide bonds. The predicted octanol–water partition coefficient (Wildman–Crippen LogP) is 3.55. The maximum atomic E-state index is 11.7. The summed E-state index contributed by atoms with van der Waals surface area (Å²) < 4.78 is 5.32. The van der Waals surface area contributed by atoms with Crippen LogP contribution in [0.2, 0.25) is 0 Å². The van der Waals surface area contributed by atoms with Crippen molar-refractivity contribution in [3.8, 4) is 0 Å². The van der Waals surface area contributed by atoms with Crippen molar-refractivity contribution in [1.82, 2.24) is 0 Å². The fourth-order valence-corrected chi connectivity index (χ4v) is 1.91. The molecule has 1 fully saturated rings. The summed E-state index contributed by atoms with van der Waals surface area (Å²) in [7, 11) is 0. The molecule has 0 radical (unpaired) electrons. The van der Waals surface area contributed by atoms with E-state index in [9.17, 15) is 4.79 Å². The van der Waals surface area contributed by atoms with Crippen LogP contribution in [0.1, 0.15) is 59.3 Å². The zero-order valence-electron chi connectivity index (χ0n) is 10.3. The summed E-state index contributed by atoms with van der Waals surface area (Å²) >= 11 is 0. The number of hydrogen-bond donors (Lipinski definition) is 0. The molecule has 1 rings (SSSR count). The Morgan fingerprint density at radius 2 is 1.80 bits per heavy atom. The van der Waals surface area contributed by atoms with Crippen molar-refractivity contribution < 1.29 is 9.53 Å². The summed E-state index contributed by atoms with van der Waals surface area (Å²) in [6.45, 7) is 7.09. The Kier molecular flexibility index (Phi) is 4.62. The van der Waals surface area contributed by atoms with Gasteiger partial charge < -0.3 is 4.74 Å². The first-order valence-corrected chi connectivity index (χ1v) is 6.16. The van der Waals surface area contributed by atoms with E-state index in [0.29, 0.717) is 6.61 Å². The summed E-state index contributed by atoms with van der Waals surface area (Å²) in [4.78, 5) is 11.7. The fourth-order valence-electron chi connectivity index (χ4n) is 1.91. The third-order valence-corrected chi connectivity index (χ3v) is 3.03. The Balaban J connectivity index is 2.17. The lowest BCUT2D eigenvalue weighted by molar-refractivity contribution is -0.150. The van der Waals surface area contributed by atoms with E-state index in [1.165, 1.54) is 19.3 Å². The van der Waals surface area contributed by atoms with E-state index in [4.69, 9.17) is 4.74 Å². The lowest BCUT2D eigenvalue weighted by Crippen LogP contribution is -2.22. The summed E-state index contributed by atoms with van der Waals surface area (Å²) in [6.07, 6.45) is 6.69. The van der Waals surface area contributed by atoms with Crippen LogP contribution in [0.4, 0.5) is 0 Å². The van der Waals surface area contributed by atoms with Crippen molar-refractivity contribution in [2.24, 2.45) is 11.3 Å². The first-order chi connectivity index (χ1) is 6.99. The van der Waals surface area contributed by atoms with E-state index >= 15 is 0 Å². The minimum absolute atomic E-state index is 0.0407. The second-order valence-corrected chi connectivity index (χ2v) is 5.81. The van der Waals surface area contributed by atoms with Crippen molar-refractivity contribution in [1.29, 1.82) is 0 Å². The van der Waals surface area contributed by atoms with Gasteiger partial charge in [0, 0.05) is 0 Å². The van der Waals surface area contributed by atoms with Gasteiger partial charge in [0.05, 0.1) is 12.5 Å². The van der Waals surface area contributed by atoms with Crippen molar-refractivity contribution in [2.75, 3.05) is 6.61 Å². The molecule has 0 aromatic rings. The normalized spacial score (nSPS) is 18.9. The highest BCUT2D eigenvalue weighted by Crippen LogP contribution is 2.25. The van der Waals surface area contributed by atoms with Gasteiger partial charge in [0.2, 0.25) is 0 Å². The van der Waals surface area contributed by atoms with E-state index in [-0.39, 0.29) is 17.3 Å². The Morgan fingerprint density at radius 3 is 2.33 bits per heavy atom. The van der Waals surface area contributed by atoms with Crippen molar-refractivity contribution in [2.45, 2.75) is 59.3 Å². The van der Waals surface area contributed by atoms with Gasteiger partial charge in [-0.25, -0.2) is 0 Å². The van der Waals surface area contributed by atoms with Crippen LogP contribution in [0.15, 0.2) is 0 Å². The predicted molar refractivity (Wildman–Crippen MR) is 61.6 cm³/mol. The second kappa shape index (κ2) is 5.53. The number of carbonyl (C=O) groups excluding carboxylic acids is 1. The highest BCUT2D eigenvalue weighted by Gasteiger charge is 2.22. The largest absolute Gasteiger partial charge is 0.465 e. The topological polar surface area (TPSA) is 26.3 Å². The van der Waals surface area contributed by atoms with Gasteiger partial charge in [0.15, 0.2) is 0 Å². The molecule has 15 heavy (non-hydrogen) atoms. The molecule has 0 atom stereocenters. The first-order valence-electron chi connectivity index (χ1n) is 6.16. The molecule has 1 aliphatic rings. The van der Waals surface area contributed by atoms with Crippen LogP contribution >= 0.6 is 0 Å². The summed E-state index contributed by atoms with van der Waals surface area (Å²) in [5.41, 5.74) is 0.257. The Hall–Kier alpha value is -0.530. The Morgan fingerprint density at radius 1 is 1.20 bits per heavy atom. The van der Waals surface area contributed by atoms with Gasteiger partial charge >= 0.3 is 5.97 Å². The van der Waals surface area contributed by atoms with Crippen molar-refractivity contribution in [3.05, 3.63) is 0 Å². The third kappa shape index (κ3) is 5.19. The molecule has 0 heterocycles. The Bertz CT molecular complexity index is 197. The minimum atomic E-state index is 0.0407. The molecule has 1 saturated carbocycles. The van der Waals surface area contributed by atoms with E-state index in [2.05, 4.69) is 20.8 Å².